The van der Waals surface area contributed by atoms with E-state index in [-0.39, 0.29) is 18.0 Å². The van der Waals surface area contributed by atoms with Gasteiger partial charge in [0.2, 0.25) is 0 Å². The van der Waals surface area contributed by atoms with Gasteiger partial charge in [-0.2, -0.15) is 0 Å². The summed E-state index contributed by atoms with van der Waals surface area (Å²) in [5.74, 6) is -0.331. The van der Waals surface area contributed by atoms with Gasteiger partial charge in [0.15, 0.2) is 6.29 Å². The van der Waals surface area contributed by atoms with Gasteiger partial charge in [-0.05, 0) is 31.9 Å². The molecule has 0 N–H and O–H groups in total. The van der Waals surface area contributed by atoms with Crippen molar-refractivity contribution in [1.29, 1.82) is 0 Å². The standard InChI is InChI=1S/C14H18FNO2/c1-10-8-12(18-2)6-7-16(10)14-11(9-17)4-3-5-13(14)15/h3-5,9-10,12H,6-8H2,1-2H3. The van der Waals surface area contributed by atoms with Gasteiger partial charge < -0.3 is 9.64 Å². The number of piperidine rings is 1. The number of ether oxygens (including phenoxy) is 1. The van der Waals surface area contributed by atoms with Crippen molar-refractivity contribution in [2.75, 3.05) is 18.6 Å². The molecular weight excluding hydrogens is 233 g/mol. The SMILES string of the molecule is COC1CCN(c2c(F)cccc2C=O)C(C)C1. The smallest absolute Gasteiger partial charge is 0.152 e. The summed E-state index contributed by atoms with van der Waals surface area (Å²) in [5, 5.41) is 0. The van der Waals surface area contributed by atoms with E-state index < -0.39 is 0 Å². The number of para-hydroxylation sites is 1. The van der Waals surface area contributed by atoms with Gasteiger partial charge in [0.25, 0.3) is 0 Å². The average Bonchev–Trinajstić information content (AvgIpc) is 2.39. The Balaban J connectivity index is 2.29. The van der Waals surface area contributed by atoms with Crippen LogP contribution < -0.4 is 4.90 Å². The largest absolute Gasteiger partial charge is 0.381 e. The second-order valence-corrected chi connectivity index (χ2v) is 4.72. The van der Waals surface area contributed by atoms with Gasteiger partial charge in [-0.25, -0.2) is 4.39 Å². The van der Waals surface area contributed by atoms with Gasteiger partial charge in [-0.15, -0.1) is 0 Å². The maximum Gasteiger partial charge on any atom is 0.152 e. The third-order valence-corrected chi connectivity index (χ3v) is 3.59. The molecule has 2 rings (SSSR count). The van der Waals surface area contributed by atoms with Gasteiger partial charge in [0.1, 0.15) is 5.82 Å². The fourth-order valence-electron chi connectivity index (χ4n) is 2.61. The molecule has 1 aliphatic heterocycles. The lowest BCUT2D eigenvalue weighted by molar-refractivity contribution is 0.0719. The van der Waals surface area contributed by atoms with Crippen LogP contribution in [-0.2, 0) is 4.74 Å². The van der Waals surface area contributed by atoms with Crippen molar-refractivity contribution >= 4 is 12.0 Å². The monoisotopic (exact) mass is 251 g/mol. The molecule has 1 aromatic rings. The van der Waals surface area contributed by atoms with Gasteiger partial charge in [-0.3, -0.25) is 4.79 Å². The van der Waals surface area contributed by atoms with Crippen molar-refractivity contribution in [3.05, 3.63) is 29.6 Å². The van der Waals surface area contributed by atoms with Crippen LogP contribution in [0.25, 0.3) is 0 Å². The van der Waals surface area contributed by atoms with Crippen molar-refractivity contribution in [3.63, 3.8) is 0 Å². The van der Waals surface area contributed by atoms with Crippen LogP contribution >= 0.6 is 0 Å². The van der Waals surface area contributed by atoms with E-state index in [1.807, 2.05) is 11.8 Å². The highest BCUT2D eigenvalue weighted by molar-refractivity contribution is 5.85. The third kappa shape index (κ3) is 2.38. The molecule has 98 valence electrons. The van der Waals surface area contributed by atoms with Crippen molar-refractivity contribution in [2.45, 2.75) is 31.9 Å². The van der Waals surface area contributed by atoms with E-state index in [9.17, 15) is 9.18 Å². The van der Waals surface area contributed by atoms with Crippen molar-refractivity contribution in [1.82, 2.24) is 0 Å². The molecule has 18 heavy (non-hydrogen) atoms. The van der Waals surface area contributed by atoms with Crippen LogP contribution in [0.15, 0.2) is 18.2 Å². The van der Waals surface area contributed by atoms with E-state index >= 15 is 0 Å². The summed E-state index contributed by atoms with van der Waals surface area (Å²) in [6.45, 7) is 2.74. The Morgan fingerprint density at radius 2 is 2.28 bits per heavy atom. The molecule has 4 heteroatoms. The molecule has 1 aromatic carbocycles. The quantitative estimate of drug-likeness (QED) is 0.773. The van der Waals surface area contributed by atoms with Crippen molar-refractivity contribution in [3.8, 4) is 0 Å². The second-order valence-electron chi connectivity index (χ2n) is 4.72. The second kappa shape index (κ2) is 5.48. The molecule has 0 bridgehead atoms. The van der Waals surface area contributed by atoms with E-state index in [1.54, 1.807) is 19.2 Å². The van der Waals surface area contributed by atoms with Crippen LogP contribution in [0, 0.1) is 5.82 Å². The topological polar surface area (TPSA) is 29.5 Å². The molecular formula is C14H18FNO2. The summed E-state index contributed by atoms with van der Waals surface area (Å²) >= 11 is 0. The van der Waals surface area contributed by atoms with Crippen LogP contribution in [0.3, 0.4) is 0 Å². The number of benzene rings is 1. The van der Waals surface area contributed by atoms with Crippen LogP contribution in [0.1, 0.15) is 30.1 Å². The number of halogens is 1. The summed E-state index contributed by atoms with van der Waals surface area (Å²) in [6.07, 6.45) is 2.65. The third-order valence-electron chi connectivity index (χ3n) is 3.59. The highest BCUT2D eigenvalue weighted by atomic mass is 19.1. The first-order valence-corrected chi connectivity index (χ1v) is 6.20. The van der Waals surface area contributed by atoms with Crippen LogP contribution in [0.5, 0.6) is 0 Å². The molecule has 2 atom stereocenters. The first kappa shape index (κ1) is 13.0. The predicted octanol–water partition coefficient (Wildman–Crippen LogP) is 2.64. The Kier molecular flexibility index (Phi) is 3.97. The molecule has 0 spiro atoms. The number of carbonyl (C=O) groups is 1. The molecule has 0 radical (unpaired) electrons. The number of carbonyl (C=O) groups excluding carboxylic acids is 1. The van der Waals surface area contributed by atoms with Gasteiger partial charge in [0.05, 0.1) is 11.8 Å². The average molecular weight is 251 g/mol. The Labute approximate surface area is 107 Å². The first-order valence-electron chi connectivity index (χ1n) is 6.20. The summed E-state index contributed by atoms with van der Waals surface area (Å²) in [5.41, 5.74) is 0.840. The maximum absolute atomic E-state index is 13.9. The zero-order valence-corrected chi connectivity index (χ0v) is 10.7. The van der Waals surface area contributed by atoms with E-state index in [4.69, 9.17) is 4.74 Å². The summed E-state index contributed by atoms with van der Waals surface area (Å²) < 4.78 is 19.3. The minimum atomic E-state index is -0.331. The molecule has 0 aliphatic carbocycles. The van der Waals surface area contributed by atoms with Gasteiger partial charge in [-0.1, -0.05) is 6.07 Å². The number of anilines is 1. The highest BCUT2D eigenvalue weighted by Gasteiger charge is 2.28. The fourth-order valence-corrected chi connectivity index (χ4v) is 2.61. The normalized spacial score (nSPS) is 24.1. The molecule has 1 fully saturated rings. The zero-order chi connectivity index (χ0) is 13.1. The van der Waals surface area contributed by atoms with Crippen LogP contribution in [0.4, 0.5) is 10.1 Å². The number of hydrogen-bond acceptors (Lipinski definition) is 3. The van der Waals surface area contributed by atoms with E-state index in [0.29, 0.717) is 24.1 Å². The molecule has 1 saturated heterocycles. The maximum atomic E-state index is 13.9. The summed E-state index contributed by atoms with van der Waals surface area (Å²) in [6, 6.07) is 4.78. The lowest BCUT2D eigenvalue weighted by Crippen LogP contribution is -2.44. The summed E-state index contributed by atoms with van der Waals surface area (Å²) in [4.78, 5) is 13.0. The molecule has 0 amide bonds. The number of nitrogens with zero attached hydrogens (tertiary/aromatic N) is 1. The molecule has 3 nitrogen and oxygen atoms in total. The Hall–Kier alpha value is -1.42. The van der Waals surface area contributed by atoms with Crippen molar-refractivity contribution < 1.29 is 13.9 Å². The minimum absolute atomic E-state index is 0.166. The Morgan fingerprint density at radius 1 is 1.50 bits per heavy atom. The first-order chi connectivity index (χ1) is 8.67. The number of aldehydes is 1. The number of hydrogen-bond donors (Lipinski definition) is 0. The zero-order valence-electron chi connectivity index (χ0n) is 10.7. The van der Waals surface area contributed by atoms with Crippen LogP contribution in [-0.4, -0.2) is 32.1 Å². The fraction of sp³-hybridized carbons (Fsp3) is 0.500. The van der Waals surface area contributed by atoms with E-state index in [2.05, 4.69) is 0 Å². The predicted molar refractivity (Wildman–Crippen MR) is 68.6 cm³/mol. The van der Waals surface area contributed by atoms with Gasteiger partial charge in [0, 0.05) is 25.3 Å². The number of methoxy groups -OCH3 is 1. The van der Waals surface area contributed by atoms with E-state index in [1.165, 1.54) is 6.07 Å². The molecule has 1 heterocycles. The summed E-state index contributed by atoms with van der Waals surface area (Å²) in [7, 11) is 1.70. The number of rotatable bonds is 3. The Bertz CT molecular complexity index is 436. The van der Waals surface area contributed by atoms with Gasteiger partial charge >= 0.3 is 0 Å². The molecule has 1 aliphatic rings. The minimum Gasteiger partial charge on any atom is -0.381 e. The molecule has 0 aromatic heterocycles. The molecule has 2 unspecified atom stereocenters. The van der Waals surface area contributed by atoms with Crippen molar-refractivity contribution in [2.24, 2.45) is 0 Å². The highest BCUT2D eigenvalue weighted by Crippen LogP contribution is 2.30. The van der Waals surface area contributed by atoms with Crippen LogP contribution in [0.2, 0.25) is 0 Å². The molecule has 0 saturated carbocycles. The van der Waals surface area contributed by atoms with E-state index in [0.717, 1.165) is 12.8 Å². The lowest BCUT2D eigenvalue weighted by Gasteiger charge is -2.39. The Morgan fingerprint density at radius 3 is 2.89 bits per heavy atom. The lowest BCUT2D eigenvalue weighted by atomic mass is 9.98.